The first kappa shape index (κ1) is 17.1. The van der Waals surface area contributed by atoms with Crippen LogP contribution in [0.15, 0.2) is 41.3 Å². The SMILES string of the molecule is CSc1ccc2cc(C(=O)C3CCCN(C4CCCC4)C3)ccc2c1. The van der Waals surface area contributed by atoms with Crippen molar-refractivity contribution >= 4 is 28.3 Å². The van der Waals surface area contributed by atoms with Crippen LogP contribution in [0, 0.1) is 5.92 Å². The van der Waals surface area contributed by atoms with E-state index in [2.05, 4.69) is 41.5 Å². The fourth-order valence-corrected chi connectivity index (χ4v) is 5.01. The van der Waals surface area contributed by atoms with Gasteiger partial charge in [-0.1, -0.05) is 31.0 Å². The molecule has 0 spiro atoms. The topological polar surface area (TPSA) is 20.3 Å². The van der Waals surface area contributed by atoms with Gasteiger partial charge in [-0.15, -0.1) is 11.8 Å². The van der Waals surface area contributed by atoms with E-state index in [4.69, 9.17) is 0 Å². The number of thioether (sulfide) groups is 1. The molecule has 2 aromatic carbocycles. The third kappa shape index (κ3) is 3.63. The van der Waals surface area contributed by atoms with Crippen molar-refractivity contribution in [2.75, 3.05) is 19.3 Å². The zero-order valence-corrected chi connectivity index (χ0v) is 15.9. The molecule has 2 nitrogen and oxygen atoms in total. The lowest BCUT2D eigenvalue weighted by Crippen LogP contribution is -2.43. The number of piperidine rings is 1. The van der Waals surface area contributed by atoms with Crippen LogP contribution in [0.3, 0.4) is 0 Å². The molecule has 1 aliphatic heterocycles. The van der Waals surface area contributed by atoms with Gasteiger partial charge in [0, 0.05) is 29.0 Å². The van der Waals surface area contributed by atoms with Gasteiger partial charge in [-0.25, -0.2) is 0 Å². The lowest BCUT2D eigenvalue weighted by molar-refractivity contribution is 0.0757. The Morgan fingerprint density at radius 2 is 1.76 bits per heavy atom. The minimum absolute atomic E-state index is 0.178. The van der Waals surface area contributed by atoms with Gasteiger partial charge >= 0.3 is 0 Å². The van der Waals surface area contributed by atoms with E-state index < -0.39 is 0 Å². The molecule has 1 atom stereocenters. The number of benzene rings is 2. The summed E-state index contributed by atoms with van der Waals surface area (Å²) < 4.78 is 0. The number of ketones is 1. The number of likely N-dealkylation sites (tertiary alicyclic amines) is 1. The normalized spacial score (nSPS) is 22.5. The Morgan fingerprint density at radius 1 is 1.00 bits per heavy atom. The maximum Gasteiger partial charge on any atom is 0.167 e. The molecule has 1 heterocycles. The molecule has 132 valence electrons. The van der Waals surface area contributed by atoms with Crippen LogP contribution in [0.25, 0.3) is 10.8 Å². The monoisotopic (exact) mass is 353 g/mol. The van der Waals surface area contributed by atoms with E-state index in [0.29, 0.717) is 5.78 Å². The second-order valence-corrected chi connectivity index (χ2v) is 8.44. The highest BCUT2D eigenvalue weighted by atomic mass is 32.2. The molecule has 3 heteroatoms. The smallest absolute Gasteiger partial charge is 0.167 e. The quantitative estimate of drug-likeness (QED) is 0.542. The Bertz CT molecular complexity index is 766. The number of rotatable bonds is 4. The molecule has 0 bridgehead atoms. The van der Waals surface area contributed by atoms with E-state index in [0.717, 1.165) is 31.0 Å². The maximum absolute atomic E-state index is 13.1. The van der Waals surface area contributed by atoms with Gasteiger partial charge in [-0.3, -0.25) is 9.69 Å². The van der Waals surface area contributed by atoms with Crippen LogP contribution in [0.2, 0.25) is 0 Å². The summed E-state index contributed by atoms with van der Waals surface area (Å²) in [5, 5.41) is 2.40. The molecule has 2 fully saturated rings. The Balaban J connectivity index is 1.52. The number of hydrogen-bond donors (Lipinski definition) is 0. The lowest BCUT2D eigenvalue weighted by Gasteiger charge is -2.36. The Hall–Kier alpha value is -1.32. The Morgan fingerprint density at radius 3 is 2.56 bits per heavy atom. The Kier molecular flexibility index (Phi) is 5.14. The number of Topliss-reactive ketones (excluding diaryl/α,β-unsaturated/α-hetero) is 1. The van der Waals surface area contributed by atoms with Crippen molar-refractivity contribution in [1.82, 2.24) is 4.90 Å². The number of hydrogen-bond acceptors (Lipinski definition) is 3. The number of carbonyl (C=O) groups excluding carboxylic acids is 1. The van der Waals surface area contributed by atoms with Crippen LogP contribution in [0.1, 0.15) is 48.9 Å². The molecule has 4 rings (SSSR count). The molecule has 1 unspecified atom stereocenters. The van der Waals surface area contributed by atoms with Gasteiger partial charge in [-0.2, -0.15) is 0 Å². The molecule has 0 amide bonds. The van der Waals surface area contributed by atoms with Gasteiger partial charge < -0.3 is 0 Å². The average Bonchev–Trinajstić information content (AvgIpc) is 3.21. The highest BCUT2D eigenvalue weighted by Crippen LogP contribution is 2.30. The molecule has 2 aromatic rings. The first-order chi connectivity index (χ1) is 12.2. The average molecular weight is 354 g/mol. The number of carbonyl (C=O) groups is 1. The van der Waals surface area contributed by atoms with Crippen molar-refractivity contribution < 1.29 is 4.79 Å². The summed E-state index contributed by atoms with van der Waals surface area (Å²) in [6.07, 6.45) is 9.69. The summed E-state index contributed by atoms with van der Waals surface area (Å²) in [5.41, 5.74) is 0.891. The van der Waals surface area contributed by atoms with E-state index in [-0.39, 0.29) is 5.92 Å². The summed E-state index contributed by atoms with van der Waals surface area (Å²) >= 11 is 1.76. The minimum Gasteiger partial charge on any atom is -0.300 e. The highest BCUT2D eigenvalue weighted by molar-refractivity contribution is 7.98. The molecule has 1 saturated heterocycles. The van der Waals surface area contributed by atoms with Crippen LogP contribution in [0.5, 0.6) is 0 Å². The van der Waals surface area contributed by atoms with E-state index in [1.807, 2.05) is 6.07 Å². The van der Waals surface area contributed by atoms with Gasteiger partial charge in [0.2, 0.25) is 0 Å². The highest BCUT2D eigenvalue weighted by Gasteiger charge is 2.31. The molecular weight excluding hydrogens is 326 g/mol. The molecule has 0 aromatic heterocycles. The van der Waals surface area contributed by atoms with Crippen LogP contribution in [0.4, 0.5) is 0 Å². The maximum atomic E-state index is 13.1. The van der Waals surface area contributed by atoms with Gasteiger partial charge in [-0.05, 0) is 67.5 Å². The fraction of sp³-hybridized carbons (Fsp3) is 0.500. The van der Waals surface area contributed by atoms with Crippen molar-refractivity contribution in [2.45, 2.75) is 49.5 Å². The summed E-state index contributed by atoms with van der Waals surface area (Å²) in [6, 6.07) is 13.5. The molecular formula is C22H27NOS. The van der Waals surface area contributed by atoms with E-state index in [1.165, 1.54) is 47.9 Å². The summed E-state index contributed by atoms with van der Waals surface area (Å²) in [6.45, 7) is 2.15. The summed E-state index contributed by atoms with van der Waals surface area (Å²) in [5.74, 6) is 0.524. The van der Waals surface area contributed by atoms with Gasteiger partial charge in [0.15, 0.2) is 5.78 Å². The number of nitrogens with zero attached hydrogens (tertiary/aromatic N) is 1. The van der Waals surface area contributed by atoms with Gasteiger partial charge in [0.25, 0.3) is 0 Å². The van der Waals surface area contributed by atoms with Gasteiger partial charge in [0.05, 0.1) is 0 Å². The molecule has 0 N–H and O–H groups in total. The van der Waals surface area contributed by atoms with Crippen molar-refractivity contribution in [3.05, 3.63) is 42.0 Å². The minimum atomic E-state index is 0.178. The molecule has 1 aliphatic carbocycles. The van der Waals surface area contributed by atoms with Crippen LogP contribution in [-0.2, 0) is 0 Å². The van der Waals surface area contributed by atoms with E-state index in [9.17, 15) is 4.79 Å². The molecule has 1 saturated carbocycles. The molecule has 0 radical (unpaired) electrons. The van der Waals surface area contributed by atoms with Crippen LogP contribution < -0.4 is 0 Å². The van der Waals surface area contributed by atoms with Crippen LogP contribution in [-0.4, -0.2) is 36.1 Å². The van der Waals surface area contributed by atoms with Crippen molar-refractivity contribution in [1.29, 1.82) is 0 Å². The van der Waals surface area contributed by atoms with E-state index in [1.54, 1.807) is 11.8 Å². The first-order valence-corrected chi connectivity index (χ1v) is 10.8. The zero-order chi connectivity index (χ0) is 17.2. The van der Waals surface area contributed by atoms with Gasteiger partial charge in [0.1, 0.15) is 0 Å². The van der Waals surface area contributed by atoms with Crippen molar-refractivity contribution in [3.8, 4) is 0 Å². The molecule has 25 heavy (non-hydrogen) atoms. The second-order valence-electron chi connectivity index (χ2n) is 7.56. The third-order valence-electron chi connectivity index (χ3n) is 6.00. The first-order valence-electron chi connectivity index (χ1n) is 9.60. The standard InChI is InChI=1S/C22H27NOS/c1-25-21-11-10-16-13-18(9-8-17(16)14-21)22(24)19-5-4-12-23(15-19)20-6-2-3-7-20/h8-11,13-14,19-20H,2-7,12,15H2,1H3. The molecule has 2 aliphatic rings. The predicted octanol–water partition coefficient (Wildman–Crippen LogP) is 5.40. The summed E-state index contributed by atoms with van der Waals surface area (Å²) in [7, 11) is 0. The van der Waals surface area contributed by atoms with Crippen LogP contribution >= 0.6 is 11.8 Å². The number of fused-ring (bicyclic) bond motifs is 1. The zero-order valence-electron chi connectivity index (χ0n) is 15.0. The van der Waals surface area contributed by atoms with E-state index >= 15 is 0 Å². The fourth-order valence-electron chi connectivity index (χ4n) is 4.56. The largest absolute Gasteiger partial charge is 0.300 e. The predicted molar refractivity (Wildman–Crippen MR) is 107 cm³/mol. The van der Waals surface area contributed by atoms with Crippen molar-refractivity contribution in [3.63, 3.8) is 0 Å². The second kappa shape index (κ2) is 7.51. The lowest BCUT2D eigenvalue weighted by atomic mass is 9.88. The summed E-state index contributed by atoms with van der Waals surface area (Å²) in [4.78, 5) is 17.0. The third-order valence-corrected chi connectivity index (χ3v) is 6.72. The van der Waals surface area contributed by atoms with Crippen molar-refractivity contribution in [2.24, 2.45) is 5.92 Å². The Labute approximate surface area is 155 Å².